The van der Waals surface area contributed by atoms with Crippen molar-refractivity contribution >= 4 is 0 Å². The fourth-order valence-electron chi connectivity index (χ4n) is 1.64. The van der Waals surface area contributed by atoms with Crippen molar-refractivity contribution in [3.05, 3.63) is 12.7 Å². The first-order chi connectivity index (χ1) is 5.99. The molecule has 0 saturated carbocycles. The molecule has 1 N–H and O–H groups in total. The molecular formula is C9H17N3O. The van der Waals surface area contributed by atoms with E-state index in [4.69, 9.17) is 0 Å². The minimum atomic E-state index is -0.670. The summed E-state index contributed by atoms with van der Waals surface area (Å²) in [7, 11) is 0. The van der Waals surface area contributed by atoms with E-state index in [1.165, 1.54) is 0 Å². The fraction of sp³-hybridized carbons (Fsp3) is 0.778. The molecule has 4 nitrogen and oxygen atoms in total. The SMILES string of the molecule is CC(C)CC(C)(O)Cn1cnnc1. The summed E-state index contributed by atoms with van der Waals surface area (Å²) in [6.45, 7) is 6.59. The smallest absolute Gasteiger partial charge is 0.119 e. The van der Waals surface area contributed by atoms with Gasteiger partial charge < -0.3 is 9.67 Å². The van der Waals surface area contributed by atoms with Crippen molar-refractivity contribution in [2.24, 2.45) is 5.92 Å². The lowest BCUT2D eigenvalue weighted by molar-refractivity contribution is 0.0214. The van der Waals surface area contributed by atoms with Gasteiger partial charge in [0, 0.05) is 0 Å². The van der Waals surface area contributed by atoms with Crippen LogP contribution < -0.4 is 0 Å². The van der Waals surface area contributed by atoms with Gasteiger partial charge in [0.2, 0.25) is 0 Å². The number of nitrogens with zero attached hydrogens (tertiary/aromatic N) is 3. The second-order valence-corrected chi connectivity index (χ2v) is 4.23. The number of aliphatic hydroxyl groups is 1. The average molecular weight is 183 g/mol. The molecule has 0 spiro atoms. The van der Waals surface area contributed by atoms with E-state index in [-0.39, 0.29) is 0 Å². The minimum Gasteiger partial charge on any atom is -0.388 e. The van der Waals surface area contributed by atoms with Crippen molar-refractivity contribution in [3.8, 4) is 0 Å². The summed E-state index contributed by atoms with van der Waals surface area (Å²) >= 11 is 0. The maximum absolute atomic E-state index is 9.98. The molecule has 4 heteroatoms. The Hall–Kier alpha value is -0.900. The Morgan fingerprint density at radius 1 is 1.38 bits per heavy atom. The van der Waals surface area contributed by atoms with Gasteiger partial charge >= 0.3 is 0 Å². The average Bonchev–Trinajstić information content (AvgIpc) is 2.34. The predicted octanol–water partition coefficient (Wildman–Crippen LogP) is 1.08. The molecule has 0 aliphatic heterocycles. The van der Waals surface area contributed by atoms with Gasteiger partial charge in [-0.3, -0.25) is 0 Å². The molecule has 1 unspecified atom stereocenters. The number of rotatable bonds is 4. The van der Waals surface area contributed by atoms with Gasteiger partial charge in [0.15, 0.2) is 0 Å². The monoisotopic (exact) mass is 183 g/mol. The van der Waals surface area contributed by atoms with Crippen molar-refractivity contribution in [1.82, 2.24) is 14.8 Å². The third-order valence-electron chi connectivity index (χ3n) is 1.84. The van der Waals surface area contributed by atoms with Crippen LogP contribution in [0.4, 0.5) is 0 Å². The fourth-order valence-corrected chi connectivity index (χ4v) is 1.64. The molecule has 0 bridgehead atoms. The van der Waals surface area contributed by atoms with Crippen LogP contribution in [0.25, 0.3) is 0 Å². The van der Waals surface area contributed by atoms with Crippen molar-refractivity contribution in [1.29, 1.82) is 0 Å². The molecule has 0 aromatic carbocycles. The van der Waals surface area contributed by atoms with Crippen LogP contribution in [0, 0.1) is 5.92 Å². The van der Waals surface area contributed by atoms with Crippen LogP contribution in [0.3, 0.4) is 0 Å². The molecule has 1 atom stereocenters. The Bertz CT molecular complexity index is 241. The number of hydrogen-bond donors (Lipinski definition) is 1. The zero-order valence-corrected chi connectivity index (χ0v) is 8.44. The highest BCUT2D eigenvalue weighted by Crippen LogP contribution is 2.17. The molecule has 1 heterocycles. The Morgan fingerprint density at radius 2 is 1.92 bits per heavy atom. The van der Waals surface area contributed by atoms with Crippen LogP contribution in [-0.2, 0) is 6.54 Å². The van der Waals surface area contributed by atoms with E-state index < -0.39 is 5.60 Å². The van der Waals surface area contributed by atoms with Crippen molar-refractivity contribution in [3.63, 3.8) is 0 Å². The summed E-state index contributed by atoms with van der Waals surface area (Å²) in [5.41, 5.74) is -0.670. The van der Waals surface area contributed by atoms with E-state index in [2.05, 4.69) is 24.0 Å². The molecule has 0 amide bonds. The molecule has 0 aliphatic carbocycles. The quantitative estimate of drug-likeness (QED) is 0.759. The van der Waals surface area contributed by atoms with Crippen LogP contribution in [-0.4, -0.2) is 25.5 Å². The van der Waals surface area contributed by atoms with Crippen LogP contribution in [0.5, 0.6) is 0 Å². The predicted molar refractivity (Wildman–Crippen MR) is 50.1 cm³/mol. The van der Waals surface area contributed by atoms with Crippen molar-refractivity contribution in [2.75, 3.05) is 0 Å². The normalized spacial score (nSPS) is 16.1. The Labute approximate surface area is 78.6 Å². The first-order valence-electron chi connectivity index (χ1n) is 4.54. The van der Waals surface area contributed by atoms with E-state index in [1.807, 2.05) is 6.92 Å². The highest BCUT2D eigenvalue weighted by Gasteiger charge is 2.22. The largest absolute Gasteiger partial charge is 0.388 e. The highest BCUT2D eigenvalue weighted by molar-refractivity contribution is 4.76. The van der Waals surface area contributed by atoms with Gasteiger partial charge in [-0.2, -0.15) is 0 Å². The van der Waals surface area contributed by atoms with Gasteiger partial charge in [-0.05, 0) is 19.3 Å². The van der Waals surface area contributed by atoms with E-state index in [1.54, 1.807) is 17.2 Å². The maximum atomic E-state index is 9.98. The maximum Gasteiger partial charge on any atom is 0.119 e. The van der Waals surface area contributed by atoms with Gasteiger partial charge in [0.05, 0.1) is 12.1 Å². The first kappa shape index (κ1) is 10.2. The molecule has 13 heavy (non-hydrogen) atoms. The second-order valence-electron chi connectivity index (χ2n) is 4.23. The molecule has 0 aliphatic rings. The van der Waals surface area contributed by atoms with E-state index in [9.17, 15) is 5.11 Å². The van der Waals surface area contributed by atoms with E-state index in [0.29, 0.717) is 12.5 Å². The molecule has 0 saturated heterocycles. The van der Waals surface area contributed by atoms with E-state index in [0.717, 1.165) is 6.42 Å². The van der Waals surface area contributed by atoms with Crippen LogP contribution in [0.15, 0.2) is 12.7 Å². The lowest BCUT2D eigenvalue weighted by atomic mass is 9.94. The molecule has 74 valence electrons. The van der Waals surface area contributed by atoms with E-state index >= 15 is 0 Å². The Kier molecular flexibility index (Phi) is 3.03. The van der Waals surface area contributed by atoms with Crippen LogP contribution >= 0.6 is 0 Å². The Balaban J connectivity index is 2.51. The summed E-state index contributed by atoms with van der Waals surface area (Å²) in [6, 6.07) is 0. The van der Waals surface area contributed by atoms with Gasteiger partial charge in [0.25, 0.3) is 0 Å². The molecule has 1 aromatic heterocycles. The molecule has 0 fully saturated rings. The minimum absolute atomic E-state index is 0.492. The second kappa shape index (κ2) is 3.87. The Morgan fingerprint density at radius 3 is 2.38 bits per heavy atom. The molecule has 0 radical (unpaired) electrons. The van der Waals surface area contributed by atoms with Gasteiger partial charge in [-0.15, -0.1) is 10.2 Å². The lowest BCUT2D eigenvalue weighted by Gasteiger charge is -2.25. The number of aromatic nitrogens is 3. The van der Waals surface area contributed by atoms with Gasteiger partial charge in [0.1, 0.15) is 12.7 Å². The van der Waals surface area contributed by atoms with Crippen LogP contribution in [0.1, 0.15) is 27.2 Å². The molecule has 1 rings (SSSR count). The topological polar surface area (TPSA) is 50.9 Å². The summed E-state index contributed by atoms with van der Waals surface area (Å²) < 4.78 is 1.79. The third-order valence-corrected chi connectivity index (χ3v) is 1.84. The molecule has 1 aromatic rings. The summed E-state index contributed by atoms with van der Waals surface area (Å²) in [6.07, 6.45) is 4.02. The zero-order chi connectivity index (χ0) is 9.90. The van der Waals surface area contributed by atoms with Gasteiger partial charge in [-0.1, -0.05) is 13.8 Å². The van der Waals surface area contributed by atoms with Crippen LogP contribution in [0.2, 0.25) is 0 Å². The summed E-state index contributed by atoms with van der Waals surface area (Å²) in [5, 5.41) is 17.4. The van der Waals surface area contributed by atoms with Crippen molar-refractivity contribution < 1.29 is 5.11 Å². The summed E-state index contributed by atoms with van der Waals surface area (Å²) in [5.74, 6) is 0.492. The highest BCUT2D eigenvalue weighted by atomic mass is 16.3. The lowest BCUT2D eigenvalue weighted by Crippen LogP contribution is -2.31. The third kappa shape index (κ3) is 3.55. The van der Waals surface area contributed by atoms with Crippen molar-refractivity contribution in [2.45, 2.75) is 39.3 Å². The number of hydrogen-bond acceptors (Lipinski definition) is 3. The zero-order valence-electron chi connectivity index (χ0n) is 8.44. The summed E-state index contributed by atoms with van der Waals surface area (Å²) in [4.78, 5) is 0. The molecular weight excluding hydrogens is 166 g/mol. The standard InChI is InChI=1S/C9H17N3O/c1-8(2)4-9(3,13)5-12-6-10-11-7-12/h6-8,13H,4-5H2,1-3H3. The first-order valence-corrected chi connectivity index (χ1v) is 4.54. The van der Waals surface area contributed by atoms with Gasteiger partial charge in [-0.25, -0.2) is 0 Å².